The average molecular weight is 438 g/mol. The molecule has 0 unspecified atom stereocenters. The lowest BCUT2D eigenvalue weighted by atomic mass is 10.0. The van der Waals surface area contributed by atoms with Crippen molar-refractivity contribution in [2.45, 2.75) is 6.92 Å². The highest BCUT2D eigenvalue weighted by molar-refractivity contribution is 6.99. The van der Waals surface area contributed by atoms with Gasteiger partial charge in [-0.15, -0.1) is 0 Å². The number of rotatable bonds is 5. The Hall–Kier alpha value is -2.55. The zero-order chi connectivity index (χ0) is 20.4. The van der Waals surface area contributed by atoms with Gasteiger partial charge in [-0.25, -0.2) is 0 Å². The standard InChI is InChI=1S/C18H17Cl2N5O2S/c1-9-7-8-12(15(26)13(9)18(27)25(2)3)22-17-16(23-28-24-17)21-11-6-4-5-10(19)14(11)20/h4-8,26H,1-3H3,(H,21,23)(H,22,24). The molecule has 3 rings (SSSR count). The molecular formula is C18H17Cl2N5O2S. The molecule has 0 aliphatic carbocycles. The van der Waals surface area contributed by atoms with E-state index in [1.54, 1.807) is 51.4 Å². The maximum atomic E-state index is 12.4. The highest BCUT2D eigenvalue weighted by atomic mass is 35.5. The van der Waals surface area contributed by atoms with Crippen molar-refractivity contribution in [3.8, 4) is 5.75 Å². The zero-order valence-corrected chi connectivity index (χ0v) is 17.6. The van der Waals surface area contributed by atoms with E-state index in [1.807, 2.05) is 0 Å². The second-order valence-electron chi connectivity index (χ2n) is 6.17. The predicted octanol–water partition coefficient (Wildman–Crippen LogP) is 5.05. The third-order valence-electron chi connectivity index (χ3n) is 3.95. The van der Waals surface area contributed by atoms with Gasteiger partial charge in [-0.05, 0) is 30.7 Å². The Morgan fingerprint density at radius 2 is 1.71 bits per heavy atom. The van der Waals surface area contributed by atoms with Crippen LogP contribution in [0.25, 0.3) is 0 Å². The molecule has 0 aliphatic heterocycles. The summed E-state index contributed by atoms with van der Waals surface area (Å²) in [4.78, 5) is 13.8. The predicted molar refractivity (Wildman–Crippen MR) is 114 cm³/mol. The van der Waals surface area contributed by atoms with Crippen LogP contribution in [0.4, 0.5) is 23.0 Å². The molecular weight excluding hydrogens is 421 g/mol. The first-order valence-electron chi connectivity index (χ1n) is 8.14. The normalized spacial score (nSPS) is 10.6. The largest absolute Gasteiger partial charge is 0.505 e. The Kier molecular flexibility index (Phi) is 5.93. The Bertz CT molecular complexity index is 1040. The first kappa shape index (κ1) is 20.2. The van der Waals surface area contributed by atoms with Crippen LogP contribution < -0.4 is 10.6 Å². The van der Waals surface area contributed by atoms with Gasteiger partial charge < -0.3 is 20.6 Å². The molecule has 1 heterocycles. The quantitative estimate of drug-likeness (QED) is 0.483. The third kappa shape index (κ3) is 3.99. The van der Waals surface area contributed by atoms with Crippen molar-refractivity contribution in [1.29, 1.82) is 0 Å². The van der Waals surface area contributed by atoms with Crippen LogP contribution in [0.2, 0.25) is 10.0 Å². The topological polar surface area (TPSA) is 90.4 Å². The van der Waals surface area contributed by atoms with E-state index in [4.69, 9.17) is 23.2 Å². The number of hydrogen-bond donors (Lipinski definition) is 3. The molecule has 7 nitrogen and oxygen atoms in total. The van der Waals surface area contributed by atoms with Gasteiger partial charge in [-0.1, -0.05) is 35.3 Å². The minimum absolute atomic E-state index is 0.154. The summed E-state index contributed by atoms with van der Waals surface area (Å²) in [6, 6.07) is 8.62. The lowest BCUT2D eigenvalue weighted by Gasteiger charge is -2.16. The van der Waals surface area contributed by atoms with E-state index < -0.39 is 0 Å². The Morgan fingerprint density at radius 1 is 1.07 bits per heavy atom. The van der Waals surface area contributed by atoms with Crippen molar-refractivity contribution in [3.63, 3.8) is 0 Å². The number of anilines is 4. The van der Waals surface area contributed by atoms with Crippen LogP contribution in [0.5, 0.6) is 5.75 Å². The summed E-state index contributed by atoms with van der Waals surface area (Å²) in [6.07, 6.45) is 0. The summed E-state index contributed by atoms with van der Waals surface area (Å²) in [5.74, 6) is 0.343. The van der Waals surface area contributed by atoms with E-state index in [0.29, 0.717) is 38.6 Å². The molecule has 28 heavy (non-hydrogen) atoms. The number of halogens is 2. The summed E-state index contributed by atoms with van der Waals surface area (Å²) < 4.78 is 8.42. The number of hydrogen-bond acceptors (Lipinski definition) is 7. The first-order valence-corrected chi connectivity index (χ1v) is 9.63. The highest BCUT2D eigenvalue weighted by Gasteiger charge is 2.20. The Balaban J connectivity index is 1.92. The fraction of sp³-hybridized carbons (Fsp3) is 0.167. The van der Waals surface area contributed by atoms with E-state index >= 15 is 0 Å². The molecule has 10 heteroatoms. The van der Waals surface area contributed by atoms with Gasteiger partial charge in [0.05, 0.1) is 38.7 Å². The van der Waals surface area contributed by atoms with Gasteiger partial charge in [0.15, 0.2) is 17.4 Å². The van der Waals surface area contributed by atoms with Crippen LogP contribution in [0.3, 0.4) is 0 Å². The SMILES string of the molecule is Cc1ccc(Nc2nsnc2Nc2cccc(Cl)c2Cl)c(O)c1C(=O)N(C)C. The summed E-state index contributed by atoms with van der Waals surface area (Å²) in [6.45, 7) is 1.76. The summed E-state index contributed by atoms with van der Waals surface area (Å²) in [5.41, 5.74) is 1.80. The number of benzene rings is 2. The van der Waals surface area contributed by atoms with Gasteiger partial charge in [0.25, 0.3) is 5.91 Å². The minimum atomic E-state index is -0.292. The maximum absolute atomic E-state index is 12.4. The lowest BCUT2D eigenvalue weighted by molar-refractivity contribution is 0.0824. The van der Waals surface area contributed by atoms with E-state index in [2.05, 4.69) is 19.4 Å². The van der Waals surface area contributed by atoms with E-state index in [0.717, 1.165) is 11.7 Å². The minimum Gasteiger partial charge on any atom is -0.505 e. The van der Waals surface area contributed by atoms with Crippen molar-refractivity contribution in [1.82, 2.24) is 13.6 Å². The zero-order valence-electron chi connectivity index (χ0n) is 15.2. The van der Waals surface area contributed by atoms with Crippen molar-refractivity contribution in [2.75, 3.05) is 24.7 Å². The number of carbonyl (C=O) groups excluding carboxylic acids is 1. The third-order valence-corrected chi connectivity index (χ3v) is 5.30. The molecule has 0 saturated carbocycles. The molecule has 2 aromatic carbocycles. The van der Waals surface area contributed by atoms with Crippen molar-refractivity contribution >= 4 is 63.8 Å². The monoisotopic (exact) mass is 437 g/mol. The van der Waals surface area contributed by atoms with Gasteiger partial charge in [0.2, 0.25) is 0 Å². The van der Waals surface area contributed by atoms with Gasteiger partial charge in [-0.2, -0.15) is 8.75 Å². The van der Waals surface area contributed by atoms with Gasteiger partial charge in [0, 0.05) is 14.1 Å². The van der Waals surface area contributed by atoms with Crippen LogP contribution in [0, 0.1) is 6.92 Å². The van der Waals surface area contributed by atoms with Gasteiger partial charge >= 0.3 is 0 Å². The molecule has 1 aromatic heterocycles. The van der Waals surface area contributed by atoms with Gasteiger partial charge in [-0.3, -0.25) is 4.79 Å². The maximum Gasteiger partial charge on any atom is 0.257 e. The van der Waals surface area contributed by atoms with Gasteiger partial charge in [0.1, 0.15) is 0 Å². The number of nitrogens with one attached hydrogen (secondary N) is 2. The van der Waals surface area contributed by atoms with Crippen LogP contribution in [0.15, 0.2) is 30.3 Å². The molecule has 0 aliphatic rings. The second-order valence-corrected chi connectivity index (χ2v) is 7.48. The van der Waals surface area contributed by atoms with Crippen molar-refractivity contribution in [2.24, 2.45) is 0 Å². The number of aryl methyl sites for hydroxylation is 1. The molecule has 146 valence electrons. The summed E-state index contributed by atoms with van der Waals surface area (Å²) >= 11 is 13.2. The molecule has 0 radical (unpaired) electrons. The number of carbonyl (C=O) groups is 1. The van der Waals surface area contributed by atoms with E-state index in [-0.39, 0.29) is 17.2 Å². The van der Waals surface area contributed by atoms with E-state index in [9.17, 15) is 9.90 Å². The number of phenolic OH excluding ortho intramolecular Hbond substituents is 1. The Morgan fingerprint density at radius 3 is 2.36 bits per heavy atom. The summed E-state index contributed by atoms with van der Waals surface area (Å²) in [7, 11) is 3.25. The lowest BCUT2D eigenvalue weighted by Crippen LogP contribution is -2.22. The molecule has 3 N–H and O–H groups in total. The fourth-order valence-corrected chi connectivity index (χ4v) is 3.31. The first-order chi connectivity index (χ1) is 13.3. The molecule has 0 spiro atoms. The van der Waals surface area contributed by atoms with Crippen LogP contribution in [-0.4, -0.2) is 38.8 Å². The van der Waals surface area contributed by atoms with Crippen LogP contribution in [0.1, 0.15) is 15.9 Å². The number of aromatic nitrogens is 2. The van der Waals surface area contributed by atoms with Crippen molar-refractivity contribution < 1.29 is 9.90 Å². The molecule has 1 amide bonds. The van der Waals surface area contributed by atoms with Crippen LogP contribution >= 0.6 is 34.9 Å². The molecule has 0 bridgehead atoms. The molecule has 0 fully saturated rings. The Labute approximate surface area is 176 Å². The van der Waals surface area contributed by atoms with E-state index in [1.165, 1.54) is 4.90 Å². The second kappa shape index (κ2) is 8.22. The molecule has 3 aromatic rings. The number of aromatic hydroxyl groups is 1. The smallest absolute Gasteiger partial charge is 0.257 e. The average Bonchev–Trinajstić information content (AvgIpc) is 3.08. The fourth-order valence-electron chi connectivity index (χ4n) is 2.49. The molecule has 0 atom stereocenters. The molecule has 0 saturated heterocycles. The highest BCUT2D eigenvalue weighted by Crippen LogP contribution is 2.37. The van der Waals surface area contributed by atoms with Crippen LogP contribution in [-0.2, 0) is 0 Å². The number of amides is 1. The summed E-state index contributed by atoms with van der Waals surface area (Å²) in [5, 5.41) is 17.5. The number of nitrogens with zero attached hydrogens (tertiary/aromatic N) is 3. The van der Waals surface area contributed by atoms with Crippen molar-refractivity contribution in [3.05, 3.63) is 51.5 Å². The number of phenols is 1.